The number of ketones is 1. The van der Waals surface area contributed by atoms with Crippen LogP contribution in [0.3, 0.4) is 0 Å². The third-order valence-electron chi connectivity index (χ3n) is 8.46. The van der Waals surface area contributed by atoms with Gasteiger partial charge in [-0.05, 0) is 75.8 Å². The third kappa shape index (κ3) is 8.61. The second-order valence-corrected chi connectivity index (χ2v) is 12.0. The van der Waals surface area contributed by atoms with Gasteiger partial charge in [-0.2, -0.15) is 15.0 Å². The summed E-state index contributed by atoms with van der Waals surface area (Å²) in [5.41, 5.74) is 1.25. The summed E-state index contributed by atoms with van der Waals surface area (Å²) in [7, 11) is 0. The molecular formula is C34H43N5O6. The number of carbonyl (C=O) groups is 2. The van der Waals surface area contributed by atoms with Crippen LogP contribution >= 0.6 is 0 Å². The summed E-state index contributed by atoms with van der Waals surface area (Å²) in [4.78, 5) is 38.9. The van der Waals surface area contributed by atoms with E-state index in [0.29, 0.717) is 68.6 Å². The zero-order valence-electron chi connectivity index (χ0n) is 26.1. The Kier molecular flexibility index (Phi) is 10.7. The molecular weight excluding hydrogens is 574 g/mol. The summed E-state index contributed by atoms with van der Waals surface area (Å²) >= 11 is 0. The standard InChI is InChI=1S/C34H43N5O6/c1-3-43-33-38-31-35-22-23-10-13-26(14-11-23)44-18-8-6-4-5-7-9-19-45-28-20-25(36-32(37-31)39-33)12-15-27(28)29(40)24-16-17-34(2,21-24)30(41)42/h10-15,20,24H,3-9,16-19,21-22H2,1-2H3,(H,41,42)(H2,35,36,37,38,39). The van der Waals surface area contributed by atoms with E-state index in [1.165, 1.54) is 0 Å². The van der Waals surface area contributed by atoms with Crippen molar-refractivity contribution in [2.75, 3.05) is 30.5 Å². The van der Waals surface area contributed by atoms with E-state index >= 15 is 0 Å². The number of fused-ring (bicyclic) bond motifs is 12. The van der Waals surface area contributed by atoms with Crippen LogP contribution in [0, 0.1) is 11.3 Å². The van der Waals surface area contributed by atoms with Gasteiger partial charge in [0.15, 0.2) is 5.78 Å². The van der Waals surface area contributed by atoms with E-state index in [1.54, 1.807) is 25.1 Å². The molecule has 11 heteroatoms. The van der Waals surface area contributed by atoms with Crippen LogP contribution in [0.15, 0.2) is 42.5 Å². The molecule has 3 aliphatic rings. The predicted molar refractivity (Wildman–Crippen MR) is 171 cm³/mol. The maximum atomic E-state index is 13.7. The highest BCUT2D eigenvalue weighted by Crippen LogP contribution is 2.44. The van der Waals surface area contributed by atoms with E-state index < -0.39 is 11.4 Å². The SMILES string of the molecule is CCOc1nc2nc(n1)Nc1ccc(C(=O)C3CCC(C)(C(=O)O)C3)c(c1)OCCCCCCCCOc1ccc(cc1)CN2. The molecule has 0 radical (unpaired) electrons. The van der Waals surface area contributed by atoms with Gasteiger partial charge < -0.3 is 30.0 Å². The molecule has 0 saturated heterocycles. The van der Waals surface area contributed by atoms with Gasteiger partial charge in [0.1, 0.15) is 11.5 Å². The summed E-state index contributed by atoms with van der Waals surface area (Å²) in [6.45, 7) is 5.61. The minimum absolute atomic E-state index is 0.0840. The van der Waals surface area contributed by atoms with Crippen molar-refractivity contribution in [2.24, 2.45) is 11.3 Å². The fourth-order valence-corrected chi connectivity index (χ4v) is 5.78. The predicted octanol–water partition coefficient (Wildman–Crippen LogP) is 6.81. The number of aromatic nitrogens is 3. The Labute approximate surface area is 264 Å². The molecule has 1 saturated carbocycles. The van der Waals surface area contributed by atoms with E-state index in [4.69, 9.17) is 14.2 Å². The summed E-state index contributed by atoms with van der Waals surface area (Å²) in [6, 6.07) is 13.5. The van der Waals surface area contributed by atoms with Crippen LogP contribution in [0.2, 0.25) is 0 Å². The Bertz CT molecular complexity index is 1470. The molecule has 1 aromatic heterocycles. The van der Waals surface area contributed by atoms with Crippen LogP contribution < -0.4 is 24.8 Å². The zero-order valence-corrected chi connectivity index (χ0v) is 26.1. The Morgan fingerprint density at radius 3 is 2.38 bits per heavy atom. The second-order valence-electron chi connectivity index (χ2n) is 12.0. The van der Waals surface area contributed by atoms with Crippen molar-refractivity contribution in [3.63, 3.8) is 0 Å². The molecule has 1 fully saturated rings. The molecule has 1 aliphatic carbocycles. The monoisotopic (exact) mass is 617 g/mol. The Morgan fingerprint density at radius 1 is 0.956 bits per heavy atom. The summed E-state index contributed by atoms with van der Waals surface area (Å²) in [5, 5.41) is 16.2. The zero-order chi connectivity index (χ0) is 31.6. The van der Waals surface area contributed by atoms with Crippen LogP contribution in [0.5, 0.6) is 17.5 Å². The van der Waals surface area contributed by atoms with Gasteiger partial charge in [-0.1, -0.05) is 37.8 Å². The molecule has 6 rings (SSSR count). The number of carboxylic acids is 1. The molecule has 3 N–H and O–H groups in total. The summed E-state index contributed by atoms with van der Waals surface area (Å²) < 4.78 is 17.8. The molecule has 11 nitrogen and oxygen atoms in total. The number of Topliss-reactive ketones (excluding diaryl/α,β-unsaturated/α-hetero) is 1. The number of rotatable bonds is 5. The van der Waals surface area contributed by atoms with E-state index in [-0.39, 0.29) is 23.7 Å². The van der Waals surface area contributed by atoms with Crippen LogP contribution in [-0.2, 0) is 11.3 Å². The van der Waals surface area contributed by atoms with Crippen LogP contribution in [0.1, 0.15) is 87.6 Å². The van der Waals surface area contributed by atoms with Gasteiger partial charge in [-0.3, -0.25) is 9.59 Å². The van der Waals surface area contributed by atoms with E-state index in [0.717, 1.165) is 49.8 Å². The number of aliphatic carboxylic acids is 1. The lowest BCUT2D eigenvalue weighted by Gasteiger charge is -2.19. The largest absolute Gasteiger partial charge is 0.494 e. The minimum atomic E-state index is -0.890. The van der Waals surface area contributed by atoms with E-state index in [9.17, 15) is 14.7 Å². The first kappa shape index (κ1) is 32.0. The van der Waals surface area contributed by atoms with Crippen molar-refractivity contribution in [3.05, 3.63) is 53.6 Å². The number of benzene rings is 2. The number of hydrogen-bond acceptors (Lipinski definition) is 10. The molecule has 2 aromatic carbocycles. The molecule has 3 aromatic rings. The first-order valence-corrected chi connectivity index (χ1v) is 16.0. The highest BCUT2D eigenvalue weighted by molar-refractivity contribution is 6.01. The van der Waals surface area contributed by atoms with Crippen molar-refractivity contribution < 1.29 is 28.9 Å². The molecule has 2 unspecified atom stereocenters. The molecule has 3 heterocycles. The van der Waals surface area contributed by atoms with Crippen molar-refractivity contribution in [1.29, 1.82) is 0 Å². The third-order valence-corrected chi connectivity index (χ3v) is 8.46. The first-order chi connectivity index (χ1) is 21.8. The Morgan fingerprint density at radius 2 is 1.67 bits per heavy atom. The van der Waals surface area contributed by atoms with Crippen molar-refractivity contribution in [3.8, 4) is 17.5 Å². The average molecular weight is 618 g/mol. The highest BCUT2D eigenvalue weighted by Gasteiger charge is 2.44. The molecule has 2 atom stereocenters. The van der Waals surface area contributed by atoms with E-state index in [1.807, 2.05) is 31.2 Å². The normalized spacial score (nSPS) is 21.0. The van der Waals surface area contributed by atoms with Crippen molar-refractivity contribution in [1.82, 2.24) is 15.0 Å². The second kappa shape index (κ2) is 15.0. The average Bonchev–Trinajstić information content (AvgIpc) is 3.44. The van der Waals surface area contributed by atoms with Gasteiger partial charge in [0.2, 0.25) is 11.9 Å². The number of nitrogens with one attached hydrogen (secondary N) is 2. The minimum Gasteiger partial charge on any atom is -0.494 e. The van der Waals surface area contributed by atoms with Gasteiger partial charge in [-0.15, -0.1) is 0 Å². The number of anilines is 3. The molecule has 240 valence electrons. The lowest BCUT2D eigenvalue weighted by atomic mass is 9.86. The Hall–Kier alpha value is -4.41. The fourth-order valence-electron chi connectivity index (χ4n) is 5.78. The maximum absolute atomic E-state index is 13.7. The number of nitrogens with zero attached hydrogens (tertiary/aromatic N) is 3. The van der Waals surface area contributed by atoms with Crippen molar-refractivity contribution >= 4 is 29.3 Å². The quantitative estimate of drug-likeness (QED) is 0.260. The molecule has 2 aliphatic heterocycles. The number of carboxylic acid groups (broad SMARTS) is 1. The number of hydrogen-bond donors (Lipinski definition) is 3. The molecule has 45 heavy (non-hydrogen) atoms. The number of ether oxygens (including phenoxy) is 3. The van der Waals surface area contributed by atoms with Crippen LogP contribution in [-0.4, -0.2) is 51.6 Å². The molecule has 0 spiro atoms. The first-order valence-electron chi connectivity index (χ1n) is 16.0. The maximum Gasteiger partial charge on any atom is 0.323 e. The van der Waals surface area contributed by atoms with E-state index in [2.05, 4.69) is 25.6 Å². The van der Waals surface area contributed by atoms with Gasteiger partial charge in [0.05, 0.1) is 30.8 Å². The molecule has 6 bridgehead atoms. The van der Waals surface area contributed by atoms with Gasteiger partial charge >= 0.3 is 12.0 Å². The van der Waals surface area contributed by atoms with Crippen molar-refractivity contribution in [2.45, 2.75) is 78.2 Å². The lowest BCUT2D eigenvalue weighted by molar-refractivity contribution is -0.147. The van der Waals surface area contributed by atoms with Gasteiger partial charge in [0.25, 0.3) is 0 Å². The fraction of sp³-hybridized carbons (Fsp3) is 0.500. The highest BCUT2D eigenvalue weighted by atomic mass is 16.5. The number of carbonyl (C=O) groups excluding carboxylic acids is 1. The van der Waals surface area contributed by atoms with Crippen LogP contribution in [0.25, 0.3) is 0 Å². The molecule has 0 amide bonds. The summed E-state index contributed by atoms with van der Waals surface area (Å²) in [5.74, 6) is 0.628. The van der Waals surface area contributed by atoms with Gasteiger partial charge in [0, 0.05) is 24.2 Å². The Balaban J connectivity index is 1.40. The lowest BCUT2D eigenvalue weighted by Crippen LogP contribution is -2.25. The van der Waals surface area contributed by atoms with Crippen LogP contribution in [0.4, 0.5) is 17.6 Å². The smallest absolute Gasteiger partial charge is 0.323 e. The summed E-state index contributed by atoms with van der Waals surface area (Å²) in [6.07, 6.45) is 7.52. The topological polar surface area (TPSA) is 145 Å². The van der Waals surface area contributed by atoms with Gasteiger partial charge in [-0.25, -0.2) is 0 Å².